The summed E-state index contributed by atoms with van der Waals surface area (Å²) in [6, 6.07) is 16.3. The van der Waals surface area contributed by atoms with E-state index in [0.29, 0.717) is 32.2 Å². The van der Waals surface area contributed by atoms with Crippen molar-refractivity contribution in [2.45, 2.75) is 65.5 Å². The van der Waals surface area contributed by atoms with Crippen LogP contribution >= 0.6 is 0 Å². The molecule has 3 aromatic rings. The van der Waals surface area contributed by atoms with Crippen molar-refractivity contribution >= 4 is 0 Å². The van der Waals surface area contributed by atoms with Gasteiger partial charge in [0, 0.05) is 56.1 Å². The third kappa shape index (κ3) is 7.76. The molecule has 0 saturated carbocycles. The smallest absolute Gasteiger partial charge is 0.230 e. The molecular weight excluding hydrogens is 508 g/mol. The molecule has 40 heavy (non-hydrogen) atoms. The monoisotopic (exact) mass is 552 g/mol. The highest BCUT2D eigenvalue weighted by atomic mass is 16.7. The van der Waals surface area contributed by atoms with Crippen LogP contribution < -0.4 is 9.47 Å². The predicted octanol–water partition coefficient (Wildman–Crippen LogP) is 6.67. The Morgan fingerprint density at radius 3 is 1.68 bits per heavy atom. The van der Waals surface area contributed by atoms with Gasteiger partial charge in [-0.05, 0) is 59.5 Å². The Bertz CT molecular complexity index is 1180. The number of hydrogen-bond acceptors (Lipinski definition) is 7. The highest BCUT2D eigenvalue weighted by molar-refractivity contribution is 5.52. The number of aromatic hydroxyl groups is 1. The van der Waals surface area contributed by atoms with Crippen LogP contribution in [0.5, 0.6) is 17.2 Å². The van der Waals surface area contributed by atoms with Crippen LogP contribution in [0.2, 0.25) is 0 Å². The second-order valence-electron chi connectivity index (χ2n) is 10.4. The van der Waals surface area contributed by atoms with Crippen molar-refractivity contribution in [3.05, 3.63) is 87.5 Å². The normalized spacial score (nSPS) is 11.6. The average Bonchev–Trinajstić information content (AvgIpc) is 2.93. The molecule has 0 bridgehead atoms. The lowest BCUT2D eigenvalue weighted by molar-refractivity contribution is 0.108. The molecule has 0 fully saturated rings. The molecule has 0 aliphatic carbocycles. The molecule has 0 spiro atoms. The first-order valence-electron chi connectivity index (χ1n) is 13.6. The van der Waals surface area contributed by atoms with Crippen LogP contribution in [-0.4, -0.2) is 40.3 Å². The van der Waals surface area contributed by atoms with E-state index in [1.54, 1.807) is 28.4 Å². The minimum atomic E-state index is -0.432. The summed E-state index contributed by atoms with van der Waals surface area (Å²) in [5.41, 5.74) is 6.13. The van der Waals surface area contributed by atoms with Crippen LogP contribution in [0.4, 0.5) is 0 Å². The van der Waals surface area contributed by atoms with Gasteiger partial charge in [-0.1, -0.05) is 39.3 Å². The zero-order chi connectivity index (χ0) is 29.1. The molecule has 0 atom stereocenters. The summed E-state index contributed by atoms with van der Waals surface area (Å²) in [5.74, 6) is 1.67. The van der Waals surface area contributed by atoms with E-state index >= 15 is 0 Å². The van der Waals surface area contributed by atoms with E-state index in [1.807, 2.05) is 24.3 Å². The van der Waals surface area contributed by atoms with Gasteiger partial charge in [0.05, 0.1) is 26.4 Å². The molecule has 0 saturated heterocycles. The van der Waals surface area contributed by atoms with Gasteiger partial charge in [-0.2, -0.15) is 0 Å². The molecule has 0 heterocycles. The number of phenolic OH excluding ortho intramolecular Hbond substituents is 1. The van der Waals surface area contributed by atoms with Crippen molar-refractivity contribution in [1.82, 2.24) is 0 Å². The van der Waals surface area contributed by atoms with E-state index in [0.717, 1.165) is 52.0 Å². The Hall–Kier alpha value is -3.10. The van der Waals surface area contributed by atoms with E-state index in [4.69, 9.17) is 28.4 Å². The summed E-state index contributed by atoms with van der Waals surface area (Å²) in [5, 5.41) is 10.8. The van der Waals surface area contributed by atoms with Gasteiger partial charge in [-0.25, -0.2) is 0 Å². The van der Waals surface area contributed by atoms with E-state index in [-0.39, 0.29) is 12.5 Å². The minimum absolute atomic E-state index is 0.0600. The zero-order valence-corrected chi connectivity index (χ0v) is 25.0. The van der Waals surface area contributed by atoms with Crippen molar-refractivity contribution in [3.63, 3.8) is 0 Å². The van der Waals surface area contributed by atoms with Crippen LogP contribution in [0, 0.1) is 0 Å². The van der Waals surface area contributed by atoms with Crippen LogP contribution in [0.25, 0.3) is 0 Å². The van der Waals surface area contributed by atoms with Crippen molar-refractivity contribution in [2.75, 3.05) is 35.2 Å². The molecule has 0 unspecified atom stereocenters. The SMILES string of the molecule is CCCc1cccc(OCOc2c(COC)cc(C(C)(C)c3cc(COC)c(O)c(COC)c3)cc2COC)c1. The van der Waals surface area contributed by atoms with E-state index < -0.39 is 5.41 Å². The maximum absolute atomic E-state index is 10.8. The molecule has 0 aromatic heterocycles. The van der Waals surface area contributed by atoms with Gasteiger partial charge in [0.25, 0.3) is 0 Å². The standard InChI is InChI=1S/C33H44O7/c1-8-10-23-11-9-12-30(13-23)39-22-40-32-26(20-37-6)16-29(17-27(32)21-38-7)33(2,3)28-14-24(18-35-4)31(34)25(15-28)19-36-5/h9,11-17,34H,8,10,18-22H2,1-7H3. The summed E-state index contributed by atoms with van der Waals surface area (Å²) in [4.78, 5) is 0. The Balaban J connectivity index is 1.98. The Labute approximate surface area is 238 Å². The maximum atomic E-state index is 10.8. The summed E-state index contributed by atoms with van der Waals surface area (Å²) in [6.45, 7) is 7.85. The number of phenols is 1. The van der Waals surface area contributed by atoms with Gasteiger partial charge in [0.1, 0.15) is 17.2 Å². The lowest BCUT2D eigenvalue weighted by atomic mass is 9.76. The number of ether oxygens (including phenoxy) is 6. The van der Waals surface area contributed by atoms with Gasteiger partial charge >= 0.3 is 0 Å². The fraction of sp³-hybridized carbons (Fsp3) is 0.455. The van der Waals surface area contributed by atoms with Crippen LogP contribution in [0.15, 0.2) is 48.5 Å². The first kappa shape index (κ1) is 31.4. The highest BCUT2D eigenvalue weighted by Gasteiger charge is 2.28. The molecule has 218 valence electrons. The minimum Gasteiger partial charge on any atom is -0.507 e. The Kier molecular flexibility index (Phi) is 11.8. The fourth-order valence-corrected chi connectivity index (χ4v) is 4.88. The van der Waals surface area contributed by atoms with Crippen LogP contribution in [-0.2, 0) is 57.2 Å². The van der Waals surface area contributed by atoms with Gasteiger partial charge in [0.2, 0.25) is 6.79 Å². The number of methoxy groups -OCH3 is 4. The number of hydrogen-bond donors (Lipinski definition) is 1. The largest absolute Gasteiger partial charge is 0.507 e. The second kappa shape index (κ2) is 15.1. The van der Waals surface area contributed by atoms with Crippen LogP contribution in [0.1, 0.15) is 66.1 Å². The molecule has 7 nitrogen and oxygen atoms in total. The lowest BCUT2D eigenvalue weighted by Crippen LogP contribution is -2.21. The Morgan fingerprint density at radius 1 is 0.675 bits per heavy atom. The van der Waals surface area contributed by atoms with E-state index in [2.05, 4.69) is 45.0 Å². The molecule has 0 aliphatic rings. The number of aryl methyl sites for hydroxylation is 1. The molecule has 3 aromatic carbocycles. The maximum Gasteiger partial charge on any atom is 0.230 e. The summed E-state index contributed by atoms with van der Waals surface area (Å²) in [7, 11) is 6.57. The molecule has 7 heteroatoms. The molecule has 0 aliphatic heterocycles. The van der Waals surface area contributed by atoms with Crippen molar-refractivity contribution in [3.8, 4) is 17.2 Å². The molecule has 0 radical (unpaired) electrons. The first-order chi connectivity index (χ1) is 19.3. The molecule has 1 N–H and O–H groups in total. The molecule has 0 amide bonds. The summed E-state index contributed by atoms with van der Waals surface area (Å²) in [6.07, 6.45) is 2.08. The van der Waals surface area contributed by atoms with E-state index in [1.165, 1.54) is 5.56 Å². The van der Waals surface area contributed by atoms with Gasteiger partial charge in [-0.3, -0.25) is 0 Å². The van der Waals surface area contributed by atoms with Gasteiger partial charge in [0.15, 0.2) is 0 Å². The molecule has 3 rings (SSSR count). The lowest BCUT2D eigenvalue weighted by Gasteiger charge is -2.30. The van der Waals surface area contributed by atoms with Gasteiger partial charge < -0.3 is 33.5 Å². The Morgan fingerprint density at radius 2 is 1.18 bits per heavy atom. The topological polar surface area (TPSA) is 75.6 Å². The van der Waals surface area contributed by atoms with Crippen molar-refractivity contribution in [2.24, 2.45) is 0 Å². The highest BCUT2D eigenvalue weighted by Crippen LogP contribution is 2.39. The summed E-state index contributed by atoms with van der Waals surface area (Å²) < 4.78 is 34.0. The second-order valence-corrected chi connectivity index (χ2v) is 10.4. The zero-order valence-electron chi connectivity index (χ0n) is 25.0. The third-order valence-corrected chi connectivity index (χ3v) is 7.02. The number of rotatable bonds is 16. The third-order valence-electron chi connectivity index (χ3n) is 7.02. The molecular formula is C33H44O7. The number of benzene rings is 3. The fourth-order valence-electron chi connectivity index (χ4n) is 4.88. The summed E-state index contributed by atoms with van der Waals surface area (Å²) >= 11 is 0. The average molecular weight is 553 g/mol. The van der Waals surface area contributed by atoms with Gasteiger partial charge in [-0.15, -0.1) is 0 Å². The van der Waals surface area contributed by atoms with E-state index in [9.17, 15) is 5.11 Å². The van der Waals surface area contributed by atoms with Crippen molar-refractivity contribution < 1.29 is 33.5 Å². The van der Waals surface area contributed by atoms with Crippen molar-refractivity contribution in [1.29, 1.82) is 0 Å². The first-order valence-corrected chi connectivity index (χ1v) is 13.6. The quantitative estimate of drug-likeness (QED) is 0.199. The van der Waals surface area contributed by atoms with Crippen LogP contribution in [0.3, 0.4) is 0 Å². The predicted molar refractivity (Wildman–Crippen MR) is 156 cm³/mol.